The molecule has 6 nitrogen and oxygen atoms in total. The Bertz CT molecular complexity index is 670. The van der Waals surface area contributed by atoms with Gasteiger partial charge in [0.1, 0.15) is 12.2 Å². The number of carbonyl (C=O) groups excluding carboxylic acids is 2. The lowest BCUT2D eigenvalue weighted by Gasteiger charge is -2.27. The van der Waals surface area contributed by atoms with E-state index in [1.807, 2.05) is 19.9 Å². The summed E-state index contributed by atoms with van der Waals surface area (Å²) in [6.07, 6.45) is 6.17. The molecule has 0 radical (unpaired) electrons. The summed E-state index contributed by atoms with van der Waals surface area (Å²) in [5.41, 5.74) is 2.39. The molecule has 1 aliphatic carbocycles. The summed E-state index contributed by atoms with van der Waals surface area (Å²) in [6, 6.07) is 0. The number of aliphatic hydroxyl groups is 2. The molecule has 1 heterocycles. The van der Waals surface area contributed by atoms with Gasteiger partial charge in [0.05, 0.1) is 24.7 Å². The van der Waals surface area contributed by atoms with Crippen LogP contribution in [0.2, 0.25) is 0 Å². The quantitative estimate of drug-likeness (QED) is 0.451. The van der Waals surface area contributed by atoms with Crippen LogP contribution in [0.3, 0.4) is 0 Å². The number of ether oxygens (including phenoxy) is 2. The Kier molecular flexibility index (Phi) is 6.94. The van der Waals surface area contributed by atoms with Gasteiger partial charge in [-0.25, -0.2) is 9.59 Å². The minimum Gasteiger partial charge on any atom is -0.458 e. The second kappa shape index (κ2) is 8.96. The number of rotatable bonds is 4. The van der Waals surface area contributed by atoms with Crippen molar-refractivity contribution in [3.8, 4) is 0 Å². The van der Waals surface area contributed by atoms with Crippen LogP contribution in [0.5, 0.6) is 0 Å². The molecule has 142 valence electrons. The molecule has 26 heavy (non-hydrogen) atoms. The fourth-order valence-electron chi connectivity index (χ4n) is 3.27. The van der Waals surface area contributed by atoms with Crippen LogP contribution >= 0.6 is 0 Å². The number of carbonyl (C=O) groups is 2. The number of hydrogen-bond acceptors (Lipinski definition) is 6. The van der Waals surface area contributed by atoms with Crippen LogP contribution < -0.4 is 0 Å². The molecular weight excluding hydrogens is 336 g/mol. The second-order valence-corrected chi connectivity index (χ2v) is 6.74. The third-order valence-corrected chi connectivity index (χ3v) is 4.69. The van der Waals surface area contributed by atoms with E-state index in [0.29, 0.717) is 6.42 Å². The first-order valence-corrected chi connectivity index (χ1v) is 8.71. The molecule has 2 N–H and O–H groups in total. The molecule has 0 aromatic carbocycles. The normalized spacial score (nSPS) is 31.2. The van der Waals surface area contributed by atoms with Crippen molar-refractivity contribution >= 4 is 11.9 Å². The molecule has 0 aromatic rings. The molecule has 6 heteroatoms. The highest BCUT2D eigenvalue weighted by molar-refractivity contribution is 5.92. The van der Waals surface area contributed by atoms with E-state index in [1.54, 1.807) is 0 Å². The van der Waals surface area contributed by atoms with Gasteiger partial charge < -0.3 is 19.7 Å². The highest BCUT2D eigenvalue weighted by Crippen LogP contribution is 2.36. The third-order valence-electron chi connectivity index (χ3n) is 4.69. The van der Waals surface area contributed by atoms with Crippen molar-refractivity contribution in [1.29, 1.82) is 0 Å². The lowest BCUT2D eigenvalue weighted by molar-refractivity contribution is -0.147. The Labute approximate surface area is 153 Å². The van der Waals surface area contributed by atoms with Crippen LogP contribution in [0.1, 0.15) is 33.1 Å². The fourth-order valence-corrected chi connectivity index (χ4v) is 3.27. The number of aliphatic hydroxyl groups excluding tert-OH is 2. The van der Waals surface area contributed by atoms with Crippen molar-refractivity contribution in [1.82, 2.24) is 0 Å². The maximum Gasteiger partial charge on any atom is 0.336 e. The third kappa shape index (κ3) is 4.71. The van der Waals surface area contributed by atoms with E-state index in [2.05, 4.69) is 12.7 Å². The van der Waals surface area contributed by atoms with Gasteiger partial charge in [0.2, 0.25) is 0 Å². The summed E-state index contributed by atoms with van der Waals surface area (Å²) in [7, 11) is 0. The Morgan fingerprint density at radius 3 is 2.77 bits per heavy atom. The van der Waals surface area contributed by atoms with Crippen molar-refractivity contribution in [2.45, 2.75) is 45.3 Å². The van der Waals surface area contributed by atoms with Gasteiger partial charge in [-0.1, -0.05) is 23.8 Å². The van der Waals surface area contributed by atoms with E-state index in [0.717, 1.165) is 24.0 Å². The van der Waals surface area contributed by atoms with Crippen molar-refractivity contribution in [2.75, 3.05) is 13.2 Å². The van der Waals surface area contributed by atoms with Crippen molar-refractivity contribution in [3.05, 3.63) is 47.1 Å². The molecule has 0 spiro atoms. The van der Waals surface area contributed by atoms with Crippen LogP contribution in [0.4, 0.5) is 0 Å². The molecule has 0 aromatic heterocycles. The molecule has 0 amide bonds. The SMILES string of the molecule is C=C1C(=O)OC2/C=C(\C)CC/C=C(/C)CC(OC(=O)/C(=C/CO)CO)C12. The van der Waals surface area contributed by atoms with Crippen molar-refractivity contribution in [3.63, 3.8) is 0 Å². The van der Waals surface area contributed by atoms with E-state index >= 15 is 0 Å². The first-order chi connectivity index (χ1) is 12.4. The van der Waals surface area contributed by atoms with E-state index in [1.165, 1.54) is 6.08 Å². The van der Waals surface area contributed by atoms with Gasteiger partial charge in [-0.3, -0.25) is 0 Å². The van der Waals surface area contributed by atoms with Gasteiger partial charge in [0.25, 0.3) is 0 Å². The van der Waals surface area contributed by atoms with E-state index in [9.17, 15) is 14.7 Å². The minimum absolute atomic E-state index is 0.0228. The van der Waals surface area contributed by atoms with Gasteiger partial charge in [-0.2, -0.15) is 0 Å². The minimum atomic E-state index is -0.719. The average Bonchev–Trinajstić information content (AvgIpc) is 2.85. The maximum atomic E-state index is 12.4. The molecule has 0 bridgehead atoms. The van der Waals surface area contributed by atoms with Gasteiger partial charge >= 0.3 is 11.9 Å². The van der Waals surface area contributed by atoms with Crippen molar-refractivity contribution < 1.29 is 29.3 Å². The van der Waals surface area contributed by atoms with Crippen LogP contribution in [-0.4, -0.2) is 47.6 Å². The van der Waals surface area contributed by atoms with Crippen LogP contribution in [0.15, 0.2) is 47.1 Å². The molecule has 3 unspecified atom stereocenters. The summed E-state index contributed by atoms with van der Waals surface area (Å²) >= 11 is 0. The van der Waals surface area contributed by atoms with Gasteiger partial charge in [-0.05, 0) is 38.8 Å². The Hall–Kier alpha value is -2.18. The smallest absolute Gasteiger partial charge is 0.336 e. The largest absolute Gasteiger partial charge is 0.458 e. The average molecular weight is 362 g/mol. The highest BCUT2D eigenvalue weighted by atomic mass is 16.6. The first-order valence-electron chi connectivity index (χ1n) is 8.71. The second-order valence-electron chi connectivity index (χ2n) is 6.74. The summed E-state index contributed by atoms with van der Waals surface area (Å²) < 4.78 is 11.1. The number of allylic oxidation sites excluding steroid dienone is 2. The van der Waals surface area contributed by atoms with Crippen LogP contribution in [-0.2, 0) is 19.1 Å². The Morgan fingerprint density at radius 2 is 2.12 bits per heavy atom. The summed E-state index contributed by atoms with van der Waals surface area (Å²) in [5, 5.41) is 18.3. The highest BCUT2D eigenvalue weighted by Gasteiger charge is 2.44. The molecule has 2 rings (SSSR count). The molecule has 1 aliphatic heterocycles. The summed E-state index contributed by atoms with van der Waals surface area (Å²) in [4.78, 5) is 24.4. The van der Waals surface area contributed by atoms with E-state index in [-0.39, 0.29) is 17.8 Å². The maximum absolute atomic E-state index is 12.4. The lowest BCUT2D eigenvalue weighted by Crippen LogP contribution is -2.34. The van der Waals surface area contributed by atoms with E-state index < -0.39 is 36.7 Å². The Balaban J connectivity index is 2.36. The number of fused-ring (bicyclic) bond motifs is 1. The Morgan fingerprint density at radius 1 is 1.38 bits per heavy atom. The number of esters is 2. The first kappa shape index (κ1) is 20.1. The van der Waals surface area contributed by atoms with Crippen LogP contribution in [0, 0.1) is 5.92 Å². The number of hydrogen-bond donors (Lipinski definition) is 2. The molecule has 3 atom stereocenters. The zero-order valence-corrected chi connectivity index (χ0v) is 15.2. The molecular formula is C20H26O6. The predicted molar refractivity (Wildman–Crippen MR) is 96.0 cm³/mol. The zero-order valence-electron chi connectivity index (χ0n) is 15.2. The summed E-state index contributed by atoms with van der Waals surface area (Å²) in [6.45, 7) is 6.85. The summed E-state index contributed by atoms with van der Waals surface area (Å²) in [5.74, 6) is -1.70. The molecule has 1 fully saturated rings. The van der Waals surface area contributed by atoms with Gasteiger partial charge in [0, 0.05) is 12.0 Å². The van der Waals surface area contributed by atoms with Crippen LogP contribution in [0.25, 0.3) is 0 Å². The van der Waals surface area contributed by atoms with Gasteiger partial charge in [-0.15, -0.1) is 0 Å². The topological polar surface area (TPSA) is 93.1 Å². The molecule has 0 saturated carbocycles. The predicted octanol–water partition coefficient (Wildman–Crippen LogP) is 1.98. The fraction of sp³-hybridized carbons (Fsp3) is 0.500. The molecule has 1 saturated heterocycles. The van der Waals surface area contributed by atoms with Crippen molar-refractivity contribution in [2.24, 2.45) is 5.92 Å². The monoisotopic (exact) mass is 362 g/mol. The lowest BCUT2D eigenvalue weighted by atomic mass is 9.85. The molecule has 2 aliphatic rings. The van der Waals surface area contributed by atoms with E-state index in [4.69, 9.17) is 14.6 Å². The standard InChI is InChI=1S/C20H26O6/c1-12-5-4-6-13(2)10-17(26-20(24)15(11-22)7-8-21)18-14(3)19(23)25-16(18)9-12/h6-7,9,16-18,21-22H,3-5,8,10-11H2,1-2H3/b12-9+,13-6-,15-7+. The zero-order chi connectivity index (χ0) is 19.3. The van der Waals surface area contributed by atoms with Gasteiger partial charge in [0.15, 0.2) is 0 Å².